The van der Waals surface area contributed by atoms with E-state index in [4.69, 9.17) is 15.3 Å². The Labute approximate surface area is 163 Å². The maximum atomic E-state index is 13.6. The number of aromatic carboxylic acids is 1. The van der Waals surface area contributed by atoms with Crippen molar-refractivity contribution in [2.45, 2.75) is 19.6 Å². The van der Waals surface area contributed by atoms with Crippen LogP contribution in [0, 0.1) is 0 Å². The minimum Gasteiger partial charge on any atom is -0.478 e. The number of rotatable bonds is 6. The lowest BCUT2D eigenvalue weighted by Gasteiger charge is -2.10. The lowest BCUT2D eigenvalue weighted by molar-refractivity contribution is -0.136. The van der Waals surface area contributed by atoms with Crippen LogP contribution in [0.4, 0.5) is 13.2 Å². The predicted molar refractivity (Wildman–Crippen MR) is 102 cm³/mol. The summed E-state index contributed by atoms with van der Waals surface area (Å²) in [4.78, 5) is 11.0. The van der Waals surface area contributed by atoms with Gasteiger partial charge in [0.2, 0.25) is 0 Å². The van der Waals surface area contributed by atoms with Crippen molar-refractivity contribution in [3.63, 3.8) is 0 Å². The van der Waals surface area contributed by atoms with E-state index >= 15 is 0 Å². The van der Waals surface area contributed by atoms with Crippen LogP contribution in [0.25, 0.3) is 22.1 Å². The Hall–Kier alpha value is -3.46. The van der Waals surface area contributed by atoms with Crippen molar-refractivity contribution < 1.29 is 27.5 Å². The van der Waals surface area contributed by atoms with E-state index in [2.05, 4.69) is 10.9 Å². The molecule has 0 saturated heterocycles. The summed E-state index contributed by atoms with van der Waals surface area (Å²) in [7, 11) is 0. The Morgan fingerprint density at radius 3 is 2.45 bits per heavy atom. The van der Waals surface area contributed by atoms with Crippen molar-refractivity contribution in [3.8, 4) is 11.1 Å². The van der Waals surface area contributed by atoms with E-state index in [1.165, 1.54) is 30.3 Å². The SMILES string of the molecule is C/C=C(/N)NNCc1cc2cc(-c3ccc(C(=O)O)cc3)cc(C(F)(F)F)c2o1. The number of carbonyl (C=O) groups is 1. The fourth-order valence-corrected chi connectivity index (χ4v) is 2.78. The van der Waals surface area contributed by atoms with Crippen LogP contribution in [-0.2, 0) is 12.7 Å². The van der Waals surface area contributed by atoms with Gasteiger partial charge in [-0.25, -0.2) is 10.2 Å². The van der Waals surface area contributed by atoms with Gasteiger partial charge in [0, 0.05) is 5.39 Å². The number of hydrazine groups is 1. The van der Waals surface area contributed by atoms with E-state index in [0.717, 1.165) is 6.07 Å². The van der Waals surface area contributed by atoms with Crippen LogP contribution in [-0.4, -0.2) is 11.1 Å². The molecule has 0 unspecified atom stereocenters. The second kappa shape index (κ2) is 7.88. The van der Waals surface area contributed by atoms with Crippen molar-refractivity contribution in [1.29, 1.82) is 0 Å². The fraction of sp³-hybridized carbons (Fsp3) is 0.150. The third-order valence-corrected chi connectivity index (χ3v) is 4.24. The summed E-state index contributed by atoms with van der Waals surface area (Å²) >= 11 is 0. The maximum Gasteiger partial charge on any atom is 0.420 e. The number of nitrogens with one attached hydrogen (secondary N) is 2. The molecule has 6 nitrogen and oxygen atoms in total. The number of carboxylic acid groups (broad SMARTS) is 1. The van der Waals surface area contributed by atoms with E-state index in [9.17, 15) is 18.0 Å². The van der Waals surface area contributed by atoms with Gasteiger partial charge in [0.15, 0.2) is 0 Å². The van der Waals surface area contributed by atoms with E-state index in [1.54, 1.807) is 19.1 Å². The molecule has 3 aromatic rings. The van der Waals surface area contributed by atoms with E-state index < -0.39 is 17.7 Å². The normalized spacial score (nSPS) is 12.3. The number of alkyl halides is 3. The average molecular weight is 405 g/mol. The van der Waals surface area contributed by atoms with Crippen LogP contribution in [0.5, 0.6) is 0 Å². The van der Waals surface area contributed by atoms with E-state index in [1.807, 2.05) is 0 Å². The van der Waals surface area contributed by atoms with Gasteiger partial charge in [-0.3, -0.25) is 0 Å². The third-order valence-electron chi connectivity index (χ3n) is 4.24. The first-order valence-electron chi connectivity index (χ1n) is 8.57. The fourth-order valence-electron chi connectivity index (χ4n) is 2.78. The van der Waals surface area contributed by atoms with Gasteiger partial charge in [-0.1, -0.05) is 12.1 Å². The number of furan rings is 1. The summed E-state index contributed by atoms with van der Waals surface area (Å²) in [5.41, 5.74) is 10.7. The molecule has 29 heavy (non-hydrogen) atoms. The molecule has 0 atom stereocenters. The number of nitrogens with two attached hydrogens (primary N) is 1. The number of benzene rings is 2. The lowest BCUT2D eigenvalue weighted by Crippen LogP contribution is -2.33. The highest BCUT2D eigenvalue weighted by Gasteiger charge is 2.35. The minimum atomic E-state index is -4.62. The summed E-state index contributed by atoms with van der Waals surface area (Å²) in [5, 5.41) is 9.26. The van der Waals surface area contributed by atoms with Gasteiger partial charge in [0.05, 0.1) is 17.7 Å². The minimum absolute atomic E-state index is 0.0513. The molecule has 0 radical (unpaired) electrons. The number of hydrogen-bond acceptors (Lipinski definition) is 5. The van der Waals surface area contributed by atoms with Gasteiger partial charge in [-0.15, -0.1) is 0 Å². The van der Waals surface area contributed by atoms with E-state index in [-0.39, 0.29) is 23.1 Å². The molecule has 0 aliphatic carbocycles. The van der Waals surface area contributed by atoms with Gasteiger partial charge < -0.3 is 20.7 Å². The standard InChI is InChI=1S/C20H18F3N3O3/c1-2-17(24)26-25-10-15-8-14-7-13(9-16(18(14)29-15)20(21,22)23)11-3-5-12(6-4-11)19(27)28/h2-9,25-26H,10,24H2,1H3,(H,27,28)/b17-2-. The second-order valence-electron chi connectivity index (χ2n) is 6.26. The van der Waals surface area contributed by atoms with Crippen LogP contribution in [0.3, 0.4) is 0 Å². The molecule has 0 amide bonds. The van der Waals surface area contributed by atoms with Gasteiger partial charge in [-0.2, -0.15) is 13.2 Å². The van der Waals surface area contributed by atoms with Crippen LogP contribution in [0.15, 0.2) is 58.8 Å². The molecule has 0 aliphatic heterocycles. The van der Waals surface area contributed by atoms with Crippen molar-refractivity contribution in [2.24, 2.45) is 5.73 Å². The molecule has 3 rings (SSSR count). The number of allylic oxidation sites excluding steroid dienone is 1. The lowest BCUT2D eigenvalue weighted by atomic mass is 9.99. The number of fused-ring (bicyclic) bond motifs is 1. The average Bonchev–Trinajstić information content (AvgIpc) is 3.08. The van der Waals surface area contributed by atoms with Crippen molar-refractivity contribution in [1.82, 2.24) is 10.9 Å². The first-order chi connectivity index (χ1) is 13.7. The molecule has 152 valence electrons. The first-order valence-corrected chi connectivity index (χ1v) is 8.57. The molecule has 0 bridgehead atoms. The van der Waals surface area contributed by atoms with Crippen molar-refractivity contribution >= 4 is 16.9 Å². The molecule has 0 fully saturated rings. The Balaban J connectivity index is 2.00. The van der Waals surface area contributed by atoms with Gasteiger partial charge in [0.25, 0.3) is 0 Å². The number of hydrogen-bond donors (Lipinski definition) is 4. The smallest absolute Gasteiger partial charge is 0.420 e. The molecule has 0 spiro atoms. The monoisotopic (exact) mass is 405 g/mol. The highest BCUT2D eigenvalue weighted by molar-refractivity contribution is 5.90. The molecule has 1 aromatic heterocycles. The molecule has 0 aliphatic rings. The predicted octanol–water partition coefficient (Wildman–Crippen LogP) is 4.23. The summed E-state index contributed by atoms with van der Waals surface area (Å²) < 4.78 is 46.2. The summed E-state index contributed by atoms with van der Waals surface area (Å²) in [6.45, 7) is 1.84. The van der Waals surface area contributed by atoms with Gasteiger partial charge in [-0.05, 0) is 54.5 Å². The van der Waals surface area contributed by atoms with E-state index in [0.29, 0.717) is 22.7 Å². The van der Waals surface area contributed by atoms with Gasteiger partial charge in [0.1, 0.15) is 17.2 Å². The summed E-state index contributed by atoms with van der Waals surface area (Å²) in [6.07, 6.45) is -3.00. The zero-order chi connectivity index (χ0) is 21.2. The molecular weight excluding hydrogens is 387 g/mol. The molecule has 0 saturated carbocycles. The second-order valence-corrected chi connectivity index (χ2v) is 6.26. The highest BCUT2D eigenvalue weighted by atomic mass is 19.4. The van der Waals surface area contributed by atoms with Crippen LogP contribution in [0.1, 0.15) is 28.6 Å². The molecule has 5 N–H and O–H groups in total. The van der Waals surface area contributed by atoms with Crippen LogP contribution < -0.4 is 16.6 Å². The number of carboxylic acids is 1. The number of halogens is 3. The Bertz CT molecular complexity index is 1070. The van der Waals surface area contributed by atoms with Crippen molar-refractivity contribution in [3.05, 3.63) is 71.2 Å². The summed E-state index contributed by atoms with van der Waals surface area (Å²) in [6, 6.07) is 9.71. The zero-order valence-electron chi connectivity index (χ0n) is 15.3. The van der Waals surface area contributed by atoms with Crippen molar-refractivity contribution in [2.75, 3.05) is 0 Å². The van der Waals surface area contributed by atoms with Gasteiger partial charge >= 0.3 is 12.1 Å². The quantitative estimate of drug-likeness (QED) is 0.458. The topological polar surface area (TPSA) is 101 Å². The summed E-state index contributed by atoms with van der Waals surface area (Å²) in [5.74, 6) is -0.452. The first kappa shape index (κ1) is 20.3. The Morgan fingerprint density at radius 2 is 1.86 bits per heavy atom. The third kappa shape index (κ3) is 4.52. The molecular formula is C20H18F3N3O3. The highest BCUT2D eigenvalue weighted by Crippen LogP contribution is 2.39. The molecule has 2 aromatic carbocycles. The maximum absolute atomic E-state index is 13.6. The Kier molecular flexibility index (Phi) is 5.51. The molecule has 1 heterocycles. The van der Waals surface area contributed by atoms with Crippen LogP contribution >= 0.6 is 0 Å². The van der Waals surface area contributed by atoms with Crippen LogP contribution in [0.2, 0.25) is 0 Å². The Morgan fingerprint density at radius 1 is 1.17 bits per heavy atom. The molecule has 9 heteroatoms. The largest absolute Gasteiger partial charge is 0.478 e. The zero-order valence-corrected chi connectivity index (χ0v) is 15.3.